The molecule has 0 aliphatic carbocycles. The van der Waals surface area contributed by atoms with Crippen LogP contribution in [0.15, 0.2) is 28.9 Å². The van der Waals surface area contributed by atoms with E-state index in [-0.39, 0.29) is 30.3 Å². The maximum Gasteiger partial charge on any atom is 0.255 e. The van der Waals surface area contributed by atoms with E-state index in [1.165, 1.54) is 0 Å². The van der Waals surface area contributed by atoms with Crippen molar-refractivity contribution in [2.45, 2.75) is 20.4 Å². The molecular weight excluding hydrogens is 334 g/mol. The molecule has 7 heteroatoms. The highest BCUT2D eigenvalue weighted by Crippen LogP contribution is 2.27. The Morgan fingerprint density at radius 1 is 1.35 bits per heavy atom. The fourth-order valence-corrected chi connectivity index (χ4v) is 3.69. The van der Waals surface area contributed by atoms with Crippen LogP contribution in [-0.4, -0.2) is 53.1 Å². The fraction of sp³-hybridized carbons (Fsp3) is 0.474. The Kier molecular flexibility index (Phi) is 5.18. The summed E-state index contributed by atoms with van der Waals surface area (Å²) in [4.78, 5) is 26.7. The third-order valence-electron chi connectivity index (χ3n) is 5.24. The summed E-state index contributed by atoms with van der Waals surface area (Å²) in [6, 6.07) is 5.62. The predicted molar refractivity (Wildman–Crippen MR) is 95.8 cm³/mol. The number of rotatable bonds is 5. The van der Waals surface area contributed by atoms with Gasteiger partial charge in [-0.3, -0.25) is 9.59 Å². The van der Waals surface area contributed by atoms with E-state index >= 15 is 0 Å². The van der Waals surface area contributed by atoms with E-state index in [2.05, 4.69) is 5.32 Å². The minimum absolute atomic E-state index is 0.103. The van der Waals surface area contributed by atoms with Crippen molar-refractivity contribution in [2.75, 3.05) is 26.7 Å². The van der Waals surface area contributed by atoms with Crippen molar-refractivity contribution in [1.82, 2.24) is 14.8 Å². The molecule has 3 heterocycles. The molecule has 2 N–H and O–H groups in total. The van der Waals surface area contributed by atoms with Crippen LogP contribution in [0.2, 0.25) is 0 Å². The maximum absolute atomic E-state index is 13.0. The van der Waals surface area contributed by atoms with Gasteiger partial charge in [-0.2, -0.15) is 0 Å². The predicted octanol–water partition coefficient (Wildman–Crippen LogP) is 1.17. The molecule has 2 aromatic heterocycles. The molecule has 1 aliphatic rings. The first-order valence-corrected chi connectivity index (χ1v) is 8.77. The van der Waals surface area contributed by atoms with Crippen molar-refractivity contribution in [3.63, 3.8) is 0 Å². The van der Waals surface area contributed by atoms with Gasteiger partial charge in [0.25, 0.3) is 5.91 Å². The zero-order chi connectivity index (χ0) is 18.8. The Hall–Kier alpha value is -2.54. The summed E-state index contributed by atoms with van der Waals surface area (Å²) in [7, 11) is 1.57. The molecule has 26 heavy (non-hydrogen) atoms. The first-order chi connectivity index (χ1) is 12.5. The lowest BCUT2D eigenvalue weighted by Crippen LogP contribution is -2.34. The molecule has 1 aliphatic heterocycles. The summed E-state index contributed by atoms with van der Waals surface area (Å²) in [6.07, 6.45) is 1.63. The summed E-state index contributed by atoms with van der Waals surface area (Å²) in [5.41, 5.74) is 2.47. The number of aromatic nitrogens is 1. The van der Waals surface area contributed by atoms with E-state index in [0.717, 1.165) is 17.1 Å². The molecule has 0 radical (unpaired) electrons. The quantitative estimate of drug-likeness (QED) is 0.839. The zero-order valence-corrected chi connectivity index (χ0v) is 15.4. The second-order valence-corrected chi connectivity index (χ2v) is 6.82. The Labute approximate surface area is 152 Å². The van der Waals surface area contributed by atoms with Gasteiger partial charge in [0, 0.05) is 44.0 Å². The van der Waals surface area contributed by atoms with Gasteiger partial charge in [-0.05, 0) is 32.0 Å². The molecule has 2 aromatic rings. The topological polar surface area (TPSA) is 87.7 Å². The van der Waals surface area contributed by atoms with Crippen LogP contribution in [0, 0.1) is 25.7 Å². The molecule has 140 valence electrons. The number of furan rings is 1. The van der Waals surface area contributed by atoms with Crippen molar-refractivity contribution in [1.29, 1.82) is 0 Å². The summed E-state index contributed by atoms with van der Waals surface area (Å²) < 4.78 is 7.45. The number of carbonyl (C=O) groups excluding carboxylic acids is 2. The largest absolute Gasteiger partial charge is 0.467 e. The SMILES string of the molecule is CNC(=O)C1CN(C(=O)c2cc(C)n(Cc3ccco3)c2C)CC1CO. The summed E-state index contributed by atoms with van der Waals surface area (Å²) in [6.45, 7) is 5.04. The second kappa shape index (κ2) is 7.37. The number of hydrogen-bond acceptors (Lipinski definition) is 4. The minimum Gasteiger partial charge on any atom is -0.467 e. The monoisotopic (exact) mass is 359 g/mol. The van der Waals surface area contributed by atoms with Gasteiger partial charge in [0.05, 0.1) is 24.3 Å². The van der Waals surface area contributed by atoms with Crippen molar-refractivity contribution >= 4 is 11.8 Å². The van der Waals surface area contributed by atoms with Crippen LogP contribution in [0.25, 0.3) is 0 Å². The van der Waals surface area contributed by atoms with Gasteiger partial charge in [0.1, 0.15) is 5.76 Å². The normalized spacial score (nSPS) is 19.8. The molecule has 1 fully saturated rings. The van der Waals surface area contributed by atoms with Gasteiger partial charge in [-0.1, -0.05) is 0 Å². The smallest absolute Gasteiger partial charge is 0.255 e. The number of carbonyl (C=O) groups is 2. The van der Waals surface area contributed by atoms with Crippen LogP contribution in [0.4, 0.5) is 0 Å². The maximum atomic E-state index is 13.0. The summed E-state index contributed by atoms with van der Waals surface area (Å²) >= 11 is 0. The number of aliphatic hydroxyl groups is 1. The highest BCUT2D eigenvalue weighted by atomic mass is 16.3. The molecule has 0 bridgehead atoms. The number of aliphatic hydroxyl groups excluding tert-OH is 1. The molecule has 1 saturated heterocycles. The van der Waals surface area contributed by atoms with Gasteiger partial charge in [-0.25, -0.2) is 0 Å². The Balaban J connectivity index is 1.81. The standard InChI is InChI=1S/C19H25N3O4/c1-12-7-16(13(2)22(12)9-15-5-4-6-26-15)19(25)21-8-14(11-23)17(10-21)18(24)20-3/h4-7,14,17,23H,8-11H2,1-3H3,(H,20,24). The van der Waals surface area contributed by atoms with E-state index in [4.69, 9.17) is 4.42 Å². The second-order valence-electron chi connectivity index (χ2n) is 6.82. The molecule has 0 spiro atoms. The lowest BCUT2D eigenvalue weighted by molar-refractivity contribution is -0.125. The van der Waals surface area contributed by atoms with Crippen molar-refractivity contribution in [3.05, 3.63) is 47.2 Å². The van der Waals surface area contributed by atoms with E-state index in [1.54, 1.807) is 18.2 Å². The first kappa shape index (κ1) is 18.3. The highest BCUT2D eigenvalue weighted by molar-refractivity contribution is 5.96. The molecule has 2 amide bonds. The van der Waals surface area contributed by atoms with Gasteiger partial charge >= 0.3 is 0 Å². The van der Waals surface area contributed by atoms with E-state index in [1.807, 2.05) is 36.6 Å². The van der Waals surface area contributed by atoms with Crippen LogP contribution in [-0.2, 0) is 11.3 Å². The van der Waals surface area contributed by atoms with Crippen LogP contribution in [0.1, 0.15) is 27.5 Å². The van der Waals surface area contributed by atoms with E-state index < -0.39 is 0 Å². The molecule has 2 atom stereocenters. The first-order valence-electron chi connectivity index (χ1n) is 8.77. The molecule has 0 saturated carbocycles. The number of amides is 2. The van der Waals surface area contributed by atoms with Crippen LogP contribution >= 0.6 is 0 Å². The van der Waals surface area contributed by atoms with Crippen molar-refractivity contribution in [2.24, 2.45) is 11.8 Å². The van der Waals surface area contributed by atoms with E-state index in [0.29, 0.717) is 25.2 Å². The van der Waals surface area contributed by atoms with Crippen LogP contribution in [0.5, 0.6) is 0 Å². The lowest BCUT2D eigenvalue weighted by atomic mass is 9.96. The Bertz CT molecular complexity index is 794. The number of hydrogen-bond donors (Lipinski definition) is 2. The molecular formula is C19H25N3O4. The van der Waals surface area contributed by atoms with E-state index in [9.17, 15) is 14.7 Å². The summed E-state index contributed by atoms with van der Waals surface area (Å²) in [5, 5.41) is 12.2. The molecule has 2 unspecified atom stereocenters. The van der Waals surface area contributed by atoms with Gasteiger partial charge in [0.2, 0.25) is 5.91 Å². The number of nitrogens with zero attached hydrogens (tertiary/aromatic N) is 2. The molecule has 3 rings (SSSR count). The Morgan fingerprint density at radius 3 is 2.73 bits per heavy atom. The van der Waals surface area contributed by atoms with Crippen molar-refractivity contribution < 1.29 is 19.1 Å². The van der Waals surface area contributed by atoms with Gasteiger partial charge in [-0.15, -0.1) is 0 Å². The van der Waals surface area contributed by atoms with Crippen LogP contribution < -0.4 is 5.32 Å². The number of likely N-dealkylation sites (tertiary alicyclic amines) is 1. The average molecular weight is 359 g/mol. The number of aryl methyl sites for hydroxylation is 1. The highest BCUT2D eigenvalue weighted by Gasteiger charge is 2.39. The lowest BCUT2D eigenvalue weighted by Gasteiger charge is -2.16. The minimum atomic E-state index is -0.374. The third-order valence-corrected chi connectivity index (χ3v) is 5.24. The van der Waals surface area contributed by atoms with Crippen LogP contribution in [0.3, 0.4) is 0 Å². The summed E-state index contributed by atoms with van der Waals surface area (Å²) in [5.74, 6) is -0.0191. The van der Waals surface area contributed by atoms with Crippen molar-refractivity contribution in [3.8, 4) is 0 Å². The van der Waals surface area contributed by atoms with Gasteiger partial charge in [0.15, 0.2) is 0 Å². The zero-order valence-electron chi connectivity index (χ0n) is 15.4. The fourth-order valence-electron chi connectivity index (χ4n) is 3.69. The molecule has 7 nitrogen and oxygen atoms in total. The average Bonchev–Trinajstić information content (AvgIpc) is 3.36. The molecule has 0 aromatic carbocycles. The van der Waals surface area contributed by atoms with Gasteiger partial charge < -0.3 is 24.3 Å². The Morgan fingerprint density at radius 2 is 2.12 bits per heavy atom. The third kappa shape index (κ3) is 3.26. The number of nitrogens with one attached hydrogen (secondary N) is 1.